The van der Waals surface area contributed by atoms with E-state index in [2.05, 4.69) is 0 Å². The molecule has 3 aromatic rings. The van der Waals surface area contributed by atoms with Crippen LogP contribution in [0.3, 0.4) is 0 Å². The van der Waals surface area contributed by atoms with Gasteiger partial charge in [-0.2, -0.15) is 0 Å². The number of halogens is 1. The average molecular weight is 432 g/mol. The molecule has 0 saturated carbocycles. The van der Waals surface area contributed by atoms with Gasteiger partial charge in [0.25, 0.3) is 5.91 Å². The third-order valence-electron chi connectivity index (χ3n) is 5.45. The molecule has 1 aliphatic rings. The summed E-state index contributed by atoms with van der Waals surface area (Å²) in [4.78, 5) is 27.8. The van der Waals surface area contributed by atoms with E-state index >= 15 is 0 Å². The zero-order valence-electron chi connectivity index (χ0n) is 17.1. The Kier molecular flexibility index (Phi) is 5.92. The Hall–Kier alpha value is -3.37. The number of anilines is 1. The summed E-state index contributed by atoms with van der Waals surface area (Å²) in [7, 11) is 0. The fraction of sp³-hybridized carbons (Fsp3) is 0.154. The summed E-state index contributed by atoms with van der Waals surface area (Å²) in [6, 6.07) is 23.4. The number of ketones is 1. The lowest BCUT2D eigenvalue weighted by molar-refractivity contribution is -0.118. The maximum Gasteiger partial charge on any atom is 0.294 e. The number of aryl methyl sites for hydroxylation is 2. The number of aliphatic hydroxyl groups is 1. The molecule has 3 aromatic carbocycles. The number of amides is 1. The Morgan fingerprint density at radius 1 is 1.00 bits per heavy atom. The van der Waals surface area contributed by atoms with E-state index < -0.39 is 17.7 Å². The van der Waals surface area contributed by atoms with E-state index in [4.69, 9.17) is 11.6 Å². The molecule has 1 N–H and O–H groups in total. The van der Waals surface area contributed by atoms with Crippen LogP contribution in [-0.2, 0) is 16.0 Å². The van der Waals surface area contributed by atoms with Gasteiger partial charge in [-0.3, -0.25) is 14.5 Å². The van der Waals surface area contributed by atoms with E-state index in [9.17, 15) is 14.7 Å². The highest BCUT2D eigenvalue weighted by Gasteiger charge is 2.44. The minimum absolute atomic E-state index is 0.140. The lowest BCUT2D eigenvalue weighted by atomic mass is 9.92. The molecule has 31 heavy (non-hydrogen) atoms. The van der Waals surface area contributed by atoms with E-state index in [1.807, 2.05) is 61.5 Å². The van der Waals surface area contributed by atoms with Crippen LogP contribution in [-0.4, -0.2) is 16.8 Å². The lowest BCUT2D eigenvalue weighted by Gasteiger charge is -2.27. The van der Waals surface area contributed by atoms with E-state index in [1.165, 1.54) is 4.90 Å². The number of rotatable bonds is 6. The smallest absolute Gasteiger partial charge is 0.294 e. The minimum atomic E-state index is -0.697. The van der Waals surface area contributed by atoms with Crippen molar-refractivity contribution in [1.82, 2.24) is 0 Å². The molecule has 156 valence electrons. The Balaban J connectivity index is 1.73. The molecule has 0 radical (unpaired) electrons. The van der Waals surface area contributed by atoms with Crippen molar-refractivity contribution in [2.24, 2.45) is 0 Å². The van der Waals surface area contributed by atoms with Crippen molar-refractivity contribution in [2.45, 2.75) is 25.8 Å². The summed E-state index contributed by atoms with van der Waals surface area (Å²) in [5.41, 5.74) is 3.51. The van der Waals surface area contributed by atoms with Gasteiger partial charge in [-0.05, 0) is 48.7 Å². The first-order valence-electron chi connectivity index (χ1n) is 10.1. The second-order valence-corrected chi connectivity index (χ2v) is 8.08. The van der Waals surface area contributed by atoms with Gasteiger partial charge in [0.1, 0.15) is 0 Å². The number of hydrogen-bond donors (Lipinski definition) is 1. The first kappa shape index (κ1) is 20.9. The van der Waals surface area contributed by atoms with Gasteiger partial charge in [-0.1, -0.05) is 71.8 Å². The number of carbonyl (C=O) groups is 2. The van der Waals surface area contributed by atoms with Crippen LogP contribution in [0.15, 0.2) is 90.2 Å². The van der Waals surface area contributed by atoms with Crippen LogP contribution < -0.4 is 4.90 Å². The second kappa shape index (κ2) is 8.78. The van der Waals surface area contributed by atoms with Crippen molar-refractivity contribution in [3.05, 3.63) is 112 Å². The van der Waals surface area contributed by atoms with Gasteiger partial charge >= 0.3 is 0 Å². The molecule has 0 aliphatic carbocycles. The van der Waals surface area contributed by atoms with E-state index in [-0.39, 0.29) is 17.8 Å². The third kappa shape index (κ3) is 4.25. The minimum Gasteiger partial charge on any atom is -0.503 e. The molecule has 0 fully saturated rings. The highest BCUT2D eigenvalue weighted by Crippen LogP contribution is 2.41. The van der Waals surface area contributed by atoms with Crippen LogP contribution in [0.25, 0.3) is 0 Å². The zero-order chi connectivity index (χ0) is 22.0. The standard InChI is InChI=1S/C26H22ClNO3/c1-17-6-5-9-19(16-17)24-23(22(29)15-10-18-7-3-2-4-8-18)25(30)26(31)28(24)21-13-11-20(27)12-14-21/h2-9,11-14,16,24,30H,10,15H2,1H3. The maximum atomic E-state index is 13.3. The number of nitrogens with zero attached hydrogens (tertiary/aromatic N) is 1. The molecular weight excluding hydrogens is 410 g/mol. The van der Waals surface area contributed by atoms with Crippen molar-refractivity contribution in [3.63, 3.8) is 0 Å². The number of hydrogen-bond acceptors (Lipinski definition) is 3. The van der Waals surface area contributed by atoms with Gasteiger partial charge in [0.2, 0.25) is 0 Å². The van der Waals surface area contributed by atoms with Gasteiger partial charge in [0, 0.05) is 17.1 Å². The summed E-state index contributed by atoms with van der Waals surface area (Å²) in [6.07, 6.45) is 0.736. The SMILES string of the molecule is Cc1cccc(C2C(C(=O)CCc3ccccc3)=C(O)C(=O)N2c2ccc(Cl)cc2)c1. The number of benzene rings is 3. The molecule has 1 amide bonds. The van der Waals surface area contributed by atoms with Crippen LogP contribution in [0, 0.1) is 6.92 Å². The summed E-state index contributed by atoms with van der Waals surface area (Å²) in [5, 5.41) is 11.3. The quantitative estimate of drug-likeness (QED) is 0.540. The summed E-state index contributed by atoms with van der Waals surface area (Å²) >= 11 is 6.02. The molecule has 0 spiro atoms. The van der Waals surface area contributed by atoms with Crippen LogP contribution in [0.2, 0.25) is 5.02 Å². The van der Waals surface area contributed by atoms with Crippen LogP contribution in [0.1, 0.15) is 29.2 Å². The number of carbonyl (C=O) groups excluding carboxylic acids is 2. The predicted molar refractivity (Wildman–Crippen MR) is 122 cm³/mol. The van der Waals surface area contributed by atoms with Crippen LogP contribution >= 0.6 is 11.6 Å². The highest BCUT2D eigenvalue weighted by molar-refractivity contribution is 6.30. The van der Waals surface area contributed by atoms with E-state index in [0.717, 1.165) is 16.7 Å². The summed E-state index contributed by atoms with van der Waals surface area (Å²) < 4.78 is 0. The average Bonchev–Trinajstić information content (AvgIpc) is 3.04. The third-order valence-corrected chi connectivity index (χ3v) is 5.71. The fourth-order valence-corrected chi connectivity index (χ4v) is 4.08. The normalized spacial score (nSPS) is 16.1. The first-order valence-corrected chi connectivity index (χ1v) is 10.5. The van der Waals surface area contributed by atoms with Gasteiger partial charge < -0.3 is 5.11 Å². The van der Waals surface area contributed by atoms with E-state index in [0.29, 0.717) is 17.1 Å². The molecule has 1 heterocycles. The molecule has 0 aromatic heterocycles. The van der Waals surface area contributed by atoms with Crippen LogP contribution in [0.5, 0.6) is 0 Å². The molecule has 5 heteroatoms. The summed E-state index contributed by atoms with van der Waals surface area (Å²) in [6.45, 7) is 1.95. The highest BCUT2D eigenvalue weighted by atomic mass is 35.5. The number of Topliss-reactive ketones (excluding diaryl/α,β-unsaturated/α-hetero) is 1. The Morgan fingerprint density at radius 3 is 2.39 bits per heavy atom. The molecular formula is C26H22ClNO3. The summed E-state index contributed by atoms with van der Waals surface area (Å²) in [5.74, 6) is -1.31. The second-order valence-electron chi connectivity index (χ2n) is 7.64. The van der Waals surface area contributed by atoms with Crippen molar-refractivity contribution >= 4 is 29.0 Å². The molecule has 1 aliphatic heterocycles. The largest absolute Gasteiger partial charge is 0.503 e. The van der Waals surface area contributed by atoms with Gasteiger partial charge in [-0.25, -0.2) is 0 Å². The zero-order valence-corrected chi connectivity index (χ0v) is 17.8. The molecule has 0 bridgehead atoms. The van der Waals surface area contributed by atoms with Crippen LogP contribution in [0.4, 0.5) is 5.69 Å². The number of aliphatic hydroxyl groups excluding tert-OH is 1. The molecule has 0 saturated heterocycles. The lowest BCUT2D eigenvalue weighted by Crippen LogP contribution is -2.31. The van der Waals surface area contributed by atoms with Crippen molar-refractivity contribution in [2.75, 3.05) is 4.90 Å². The first-order chi connectivity index (χ1) is 15.0. The van der Waals surface area contributed by atoms with Crippen molar-refractivity contribution in [1.29, 1.82) is 0 Å². The Bertz CT molecular complexity index is 1150. The topological polar surface area (TPSA) is 57.6 Å². The Labute approximate surface area is 186 Å². The predicted octanol–water partition coefficient (Wildman–Crippen LogP) is 5.75. The fourth-order valence-electron chi connectivity index (χ4n) is 3.95. The Morgan fingerprint density at radius 2 is 1.71 bits per heavy atom. The van der Waals surface area contributed by atoms with Gasteiger partial charge in [0.15, 0.2) is 11.5 Å². The van der Waals surface area contributed by atoms with Crippen molar-refractivity contribution < 1.29 is 14.7 Å². The maximum absolute atomic E-state index is 13.3. The molecule has 1 atom stereocenters. The van der Waals surface area contributed by atoms with Gasteiger partial charge in [-0.15, -0.1) is 0 Å². The van der Waals surface area contributed by atoms with Gasteiger partial charge in [0.05, 0.1) is 11.6 Å². The van der Waals surface area contributed by atoms with E-state index in [1.54, 1.807) is 24.3 Å². The molecule has 4 nitrogen and oxygen atoms in total. The van der Waals surface area contributed by atoms with Crippen molar-refractivity contribution in [3.8, 4) is 0 Å². The molecule has 4 rings (SSSR count). The monoisotopic (exact) mass is 431 g/mol. The molecule has 1 unspecified atom stereocenters.